The lowest BCUT2D eigenvalue weighted by atomic mass is 9.96. The molecule has 2 rings (SSSR count). The number of aryl methyl sites for hydroxylation is 2. The van der Waals surface area contributed by atoms with Crippen LogP contribution in [0.5, 0.6) is 0 Å². The monoisotopic (exact) mass is 306 g/mol. The number of nitrogens with one attached hydrogen (secondary N) is 1. The number of rotatable bonds is 2. The van der Waals surface area contributed by atoms with Crippen molar-refractivity contribution < 1.29 is 0 Å². The predicted molar refractivity (Wildman–Crippen MR) is 82.6 cm³/mol. The second-order valence-corrected chi connectivity index (χ2v) is 5.78. The fourth-order valence-corrected chi connectivity index (χ4v) is 2.94. The lowest BCUT2D eigenvalue weighted by Crippen LogP contribution is -2.04. The second kappa shape index (κ2) is 4.88. The van der Waals surface area contributed by atoms with Gasteiger partial charge in [-0.15, -0.1) is 0 Å². The van der Waals surface area contributed by atoms with E-state index in [0.29, 0.717) is 5.92 Å². The first-order chi connectivity index (χ1) is 8.47. The standard InChI is InChI=1S/C15H19BrN2/c1-8(2)12-10(4)18-15-11(14(12)17-5)7-6-9(3)13(15)16/h6-8H,1-5H3,(H,17,18). The van der Waals surface area contributed by atoms with Crippen molar-refractivity contribution in [2.45, 2.75) is 33.6 Å². The van der Waals surface area contributed by atoms with Gasteiger partial charge >= 0.3 is 0 Å². The van der Waals surface area contributed by atoms with Crippen LogP contribution in [0.1, 0.15) is 36.6 Å². The van der Waals surface area contributed by atoms with Crippen molar-refractivity contribution in [2.24, 2.45) is 0 Å². The van der Waals surface area contributed by atoms with Crippen LogP contribution in [0.3, 0.4) is 0 Å². The van der Waals surface area contributed by atoms with Gasteiger partial charge in [0.1, 0.15) is 0 Å². The average molecular weight is 307 g/mol. The van der Waals surface area contributed by atoms with Gasteiger partial charge in [0.15, 0.2) is 0 Å². The van der Waals surface area contributed by atoms with Gasteiger partial charge in [0.25, 0.3) is 0 Å². The maximum atomic E-state index is 4.78. The molecule has 0 aliphatic rings. The Kier molecular flexibility index (Phi) is 3.62. The van der Waals surface area contributed by atoms with Crippen molar-refractivity contribution in [3.8, 4) is 0 Å². The van der Waals surface area contributed by atoms with E-state index in [2.05, 4.69) is 61.1 Å². The summed E-state index contributed by atoms with van der Waals surface area (Å²) in [6.45, 7) is 8.60. The van der Waals surface area contributed by atoms with Gasteiger partial charge in [-0.3, -0.25) is 4.98 Å². The van der Waals surface area contributed by atoms with Crippen LogP contribution >= 0.6 is 15.9 Å². The smallest absolute Gasteiger partial charge is 0.0870 e. The van der Waals surface area contributed by atoms with Gasteiger partial charge in [0.05, 0.1) is 5.52 Å². The summed E-state index contributed by atoms with van der Waals surface area (Å²) in [6.07, 6.45) is 0. The number of fused-ring (bicyclic) bond motifs is 1. The van der Waals surface area contributed by atoms with E-state index in [0.717, 1.165) is 15.7 Å². The molecule has 0 atom stereocenters. The lowest BCUT2D eigenvalue weighted by molar-refractivity contribution is 0.849. The largest absolute Gasteiger partial charge is 0.387 e. The molecule has 0 amide bonds. The number of hydrogen-bond acceptors (Lipinski definition) is 2. The van der Waals surface area contributed by atoms with Crippen LogP contribution < -0.4 is 5.32 Å². The van der Waals surface area contributed by atoms with Crippen LogP contribution in [0.15, 0.2) is 16.6 Å². The van der Waals surface area contributed by atoms with Crippen molar-refractivity contribution in [1.82, 2.24) is 4.98 Å². The topological polar surface area (TPSA) is 24.9 Å². The van der Waals surface area contributed by atoms with Crippen LogP contribution in [-0.4, -0.2) is 12.0 Å². The SMILES string of the molecule is CNc1c(C(C)C)c(C)nc2c(Br)c(C)ccc12. The van der Waals surface area contributed by atoms with Crippen molar-refractivity contribution in [3.63, 3.8) is 0 Å². The molecule has 96 valence electrons. The van der Waals surface area contributed by atoms with Crippen LogP contribution in [0.25, 0.3) is 10.9 Å². The molecular formula is C15H19BrN2. The average Bonchev–Trinajstić information content (AvgIpc) is 2.32. The number of hydrogen-bond donors (Lipinski definition) is 1. The Morgan fingerprint density at radius 2 is 1.89 bits per heavy atom. The molecule has 0 aliphatic carbocycles. The minimum atomic E-state index is 0.462. The van der Waals surface area contributed by atoms with Gasteiger partial charge in [0.2, 0.25) is 0 Å². The molecule has 0 aliphatic heterocycles. The second-order valence-electron chi connectivity index (χ2n) is 4.98. The van der Waals surface area contributed by atoms with E-state index in [4.69, 9.17) is 4.98 Å². The van der Waals surface area contributed by atoms with E-state index in [1.165, 1.54) is 22.2 Å². The Morgan fingerprint density at radius 1 is 1.22 bits per heavy atom. The number of anilines is 1. The van der Waals surface area contributed by atoms with Gasteiger partial charge in [-0.1, -0.05) is 26.0 Å². The highest BCUT2D eigenvalue weighted by Gasteiger charge is 2.16. The van der Waals surface area contributed by atoms with E-state index in [9.17, 15) is 0 Å². The normalized spacial score (nSPS) is 11.3. The van der Waals surface area contributed by atoms with Crippen LogP contribution in [0.2, 0.25) is 0 Å². The van der Waals surface area contributed by atoms with E-state index in [-0.39, 0.29) is 0 Å². The predicted octanol–water partition coefficient (Wildman–Crippen LogP) is 4.78. The van der Waals surface area contributed by atoms with Gasteiger partial charge in [-0.2, -0.15) is 0 Å². The molecule has 0 radical (unpaired) electrons. The number of halogens is 1. The highest BCUT2D eigenvalue weighted by atomic mass is 79.9. The fourth-order valence-electron chi connectivity index (χ4n) is 2.51. The van der Waals surface area contributed by atoms with Gasteiger partial charge in [0, 0.05) is 28.3 Å². The zero-order valence-corrected chi connectivity index (χ0v) is 13.1. The molecule has 1 heterocycles. The first-order valence-electron chi connectivity index (χ1n) is 6.24. The highest BCUT2D eigenvalue weighted by molar-refractivity contribution is 9.10. The highest BCUT2D eigenvalue weighted by Crippen LogP contribution is 2.36. The maximum Gasteiger partial charge on any atom is 0.0870 e. The molecule has 1 aromatic heterocycles. The zero-order valence-electron chi connectivity index (χ0n) is 11.6. The summed E-state index contributed by atoms with van der Waals surface area (Å²) in [5, 5.41) is 4.53. The third kappa shape index (κ3) is 2.01. The van der Waals surface area contributed by atoms with Crippen molar-refractivity contribution in [2.75, 3.05) is 12.4 Å². The molecule has 0 saturated carbocycles. The summed E-state index contributed by atoms with van der Waals surface area (Å²) in [4.78, 5) is 4.78. The van der Waals surface area contributed by atoms with Gasteiger partial charge < -0.3 is 5.32 Å². The summed E-state index contributed by atoms with van der Waals surface area (Å²) in [6, 6.07) is 4.29. The molecular weight excluding hydrogens is 288 g/mol. The molecule has 0 bridgehead atoms. The maximum absolute atomic E-state index is 4.78. The van der Waals surface area contributed by atoms with Gasteiger partial charge in [-0.05, 0) is 46.8 Å². The number of pyridine rings is 1. The molecule has 1 aromatic carbocycles. The number of aromatic nitrogens is 1. The molecule has 2 nitrogen and oxygen atoms in total. The molecule has 0 saturated heterocycles. The lowest BCUT2D eigenvalue weighted by Gasteiger charge is -2.18. The van der Waals surface area contributed by atoms with Crippen molar-refractivity contribution >= 4 is 32.5 Å². The molecule has 0 fully saturated rings. The molecule has 0 spiro atoms. The Hall–Kier alpha value is -1.09. The number of nitrogens with zero attached hydrogens (tertiary/aromatic N) is 1. The zero-order chi connectivity index (χ0) is 13.4. The summed E-state index contributed by atoms with van der Waals surface area (Å²) in [5.41, 5.74) is 5.87. The van der Waals surface area contributed by atoms with E-state index in [1.807, 2.05) is 7.05 Å². The summed E-state index contributed by atoms with van der Waals surface area (Å²) < 4.78 is 1.09. The van der Waals surface area contributed by atoms with Crippen LogP contribution in [0, 0.1) is 13.8 Å². The fraction of sp³-hybridized carbons (Fsp3) is 0.400. The van der Waals surface area contributed by atoms with E-state index >= 15 is 0 Å². The van der Waals surface area contributed by atoms with Gasteiger partial charge in [-0.25, -0.2) is 0 Å². The third-order valence-corrected chi connectivity index (χ3v) is 4.35. The summed E-state index contributed by atoms with van der Waals surface area (Å²) >= 11 is 3.65. The van der Waals surface area contributed by atoms with Crippen LogP contribution in [-0.2, 0) is 0 Å². The summed E-state index contributed by atoms with van der Waals surface area (Å²) in [7, 11) is 1.98. The molecule has 1 N–H and O–H groups in total. The van der Waals surface area contributed by atoms with Crippen molar-refractivity contribution in [3.05, 3.63) is 33.4 Å². The molecule has 0 unspecified atom stereocenters. The van der Waals surface area contributed by atoms with E-state index in [1.54, 1.807) is 0 Å². The first kappa shape index (κ1) is 13.3. The quantitative estimate of drug-likeness (QED) is 0.863. The first-order valence-corrected chi connectivity index (χ1v) is 7.03. The number of benzene rings is 1. The Labute approximate surface area is 117 Å². The van der Waals surface area contributed by atoms with Crippen LogP contribution in [0.4, 0.5) is 5.69 Å². The summed E-state index contributed by atoms with van der Waals surface area (Å²) in [5.74, 6) is 0.462. The van der Waals surface area contributed by atoms with Crippen molar-refractivity contribution in [1.29, 1.82) is 0 Å². The minimum Gasteiger partial charge on any atom is -0.387 e. The minimum absolute atomic E-state index is 0.462. The Balaban J connectivity index is 2.93. The molecule has 3 heteroatoms. The van der Waals surface area contributed by atoms with E-state index < -0.39 is 0 Å². The molecule has 2 aromatic rings. The Morgan fingerprint density at radius 3 is 2.44 bits per heavy atom. The third-order valence-electron chi connectivity index (χ3n) is 3.34. The Bertz CT molecular complexity index is 603. The molecule has 18 heavy (non-hydrogen) atoms.